The van der Waals surface area contributed by atoms with Gasteiger partial charge in [0.25, 0.3) is 5.91 Å². The normalized spacial score (nSPS) is 29.1. The summed E-state index contributed by atoms with van der Waals surface area (Å²) >= 11 is 6.78. The van der Waals surface area contributed by atoms with Crippen molar-refractivity contribution in [3.05, 3.63) is 125 Å². The first-order chi connectivity index (χ1) is 24.7. The molecule has 0 aromatic heterocycles. The Morgan fingerprint density at radius 2 is 1.71 bits per heavy atom. The summed E-state index contributed by atoms with van der Waals surface area (Å²) in [6.45, 7) is 1.53. The number of anilines is 1. The molecule has 1 spiro atoms. The number of nitrogens with zero attached hydrogens (tertiary/aromatic N) is 2. The van der Waals surface area contributed by atoms with Gasteiger partial charge in [-0.05, 0) is 42.5 Å². The Balaban J connectivity index is 1.36. The highest BCUT2D eigenvalue weighted by atomic mass is 35.5. The lowest BCUT2D eigenvalue weighted by Crippen LogP contribution is -2.59. The Morgan fingerprint density at radius 3 is 2.43 bits per heavy atom. The number of hydrogen-bond acceptors (Lipinski definition) is 7. The average Bonchev–Trinajstić information content (AvgIpc) is 3.78. The number of rotatable bonds is 6. The number of aliphatic hydroxyl groups is 1. The lowest BCUT2D eigenvalue weighted by Gasteiger charge is -2.39. The van der Waals surface area contributed by atoms with Crippen LogP contribution in [0.1, 0.15) is 35.6 Å². The number of likely N-dealkylation sites (tertiary alicyclic amines) is 1. The third-order valence-corrected chi connectivity index (χ3v) is 10.7. The number of carbonyl (C=O) groups excluding carboxylic acids is 4. The van der Waals surface area contributed by atoms with Crippen molar-refractivity contribution in [2.75, 3.05) is 24.6 Å². The monoisotopic (exact) mass is 709 g/mol. The molecular weight excluding hydrogens is 670 g/mol. The molecule has 264 valence electrons. The zero-order valence-corrected chi connectivity index (χ0v) is 28.9. The molecule has 5 bridgehead atoms. The molecule has 7 atom stereocenters. The van der Waals surface area contributed by atoms with Gasteiger partial charge in [0, 0.05) is 13.0 Å². The van der Waals surface area contributed by atoms with E-state index >= 15 is 4.79 Å². The van der Waals surface area contributed by atoms with Gasteiger partial charge in [-0.15, -0.1) is 0 Å². The first kappa shape index (κ1) is 34.7. The van der Waals surface area contributed by atoms with E-state index in [2.05, 4.69) is 5.32 Å². The lowest BCUT2D eigenvalue weighted by atomic mass is 9.74. The van der Waals surface area contributed by atoms with Crippen molar-refractivity contribution >= 4 is 41.0 Å². The van der Waals surface area contributed by atoms with Crippen molar-refractivity contribution < 1.29 is 33.8 Å². The predicted molar refractivity (Wildman–Crippen MR) is 191 cm³/mol. The number of esters is 1. The van der Waals surface area contributed by atoms with Crippen LogP contribution in [0.4, 0.5) is 5.69 Å². The van der Waals surface area contributed by atoms with E-state index in [1.54, 1.807) is 30.4 Å². The van der Waals surface area contributed by atoms with E-state index in [4.69, 9.17) is 21.1 Å². The molecule has 0 radical (unpaired) electrons. The van der Waals surface area contributed by atoms with Gasteiger partial charge in [-0.3, -0.25) is 19.2 Å². The molecule has 0 saturated carbocycles. The number of para-hydroxylation sites is 1. The second-order valence-corrected chi connectivity index (χ2v) is 13.9. The number of allylic oxidation sites excluding steroid dienone is 1. The topological polar surface area (TPSA) is 125 Å². The highest BCUT2D eigenvalue weighted by Crippen LogP contribution is 2.56. The van der Waals surface area contributed by atoms with E-state index in [1.165, 1.54) is 9.80 Å². The number of nitrogens with one attached hydrogen (secondary N) is 1. The van der Waals surface area contributed by atoms with Gasteiger partial charge in [-0.1, -0.05) is 109 Å². The minimum absolute atomic E-state index is 0.0343. The molecule has 4 aliphatic rings. The van der Waals surface area contributed by atoms with Crippen molar-refractivity contribution in [1.29, 1.82) is 0 Å². The van der Waals surface area contributed by atoms with Crippen LogP contribution in [0.25, 0.3) is 0 Å². The van der Waals surface area contributed by atoms with Gasteiger partial charge in [-0.2, -0.15) is 0 Å². The number of halogens is 1. The van der Waals surface area contributed by atoms with Crippen LogP contribution in [0.3, 0.4) is 0 Å². The molecule has 3 aromatic carbocycles. The van der Waals surface area contributed by atoms with Crippen LogP contribution in [0.2, 0.25) is 5.02 Å². The van der Waals surface area contributed by atoms with E-state index in [1.807, 2.05) is 79.7 Å². The number of aliphatic hydroxyl groups excluding tert-OH is 1. The van der Waals surface area contributed by atoms with Crippen LogP contribution in [0.15, 0.2) is 103 Å². The Hall–Kier alpha value is -4.77. The van der Waals surface area contributed by atoms with Crippen molar-refractivity contribution in [2.45, 2.75) is 56.1 Å². The molecule has 2 saturated heterocycles. The first-order valence-electron chi connectivity index (χ1n) is 17.3. The second-order valence-electron chi connectivity index (χ2n) is 13.5. The maximum absolute atomic E-state index is 15.3. The maximum Gasteiger partial charge on any atom is 0.313 e. The summed E-state index contributed by atoms with van der Waals surface area (Å²) in [5.74, 6) is -4.03. The molecule has 7 rings (SSSR count). The Morgan fingerprint density at radius 1 is 0.961 bits per heavy atom. The number of carbonyl (C=O) groups is 4. The summed E-state index contributed by atoms with van der Waals surface area (Å²) in [5, 5.41) is 14.1. The summed E-state index contributed by atoms with van der Waals surface area (Å²) in [6, 6.07) is 21.8. The van der Waals surface area contributed by atoms with Crippen molar-refractivity contribution in [3.63, 3.8) is 0 Å². The van der Waals surface area contributed by atoms with E-state index in [0.717, 1.165) is 11.1 Å². The summed E-state index contributed by atoms with van der Waals surface area (Å²) in [5.41, 5.74) is 1.24. The third-order valence-electron chi connectivity index (χ3n) is 10.4. The number of hydrogen-bond donors (Lipinski definition) is 2. The smallest absolute Gasteiger partial charge is 0.313 e. The molecule has 2 fully saturated rings. The van der Waals surface area contributed by atoms with Crippen LogP contribution >= 0.6 is 11.6 Å². The van der Waals surface area contributed by atoms with Crippen molar-refractivity contribution in [3.8, 4) is 0 Å². The average molecular weight is 710 g/mol. The molecule has 4 heterocycles. The Bertz CT molecular complexity index is 1850. The molecule has 0 unspecified atom stereocenters. The Labute approximate surface area is 301 Å². The van der Waals surface area contributed by atoms with Gasteiger partial charge >= 0.3 is 5.97 Å². The fourth-order valence-electron chi connectivity index (χ4n) is 8.01. The van der Waals surface area contributed by atoms with Crippen LogP contribution in [0, 0.1) is 18.8 Å². The molecule has 3 aromatic rings. The third kappa shape index (κ3) is 6.37. The van der Waals surface area contributed by atoms with Crippen molar-refractivity contribution in [1.82, 2.24) is 10.2 Å². The molecule has 51 heavy (non-hydrogen) atoms. The molecular formula is C40H40ClN3O7. The maximum atomic E-state index is 15.3. The quantitative estimate of drug-likeness (QED) is 0.286. The number of aryl methyl sites for hydroxylation is 1. The van der Waals surface area contributed by atoms with E-state index in [9.17, 15) is 19.5 Å². The van der Waals surface area contributed by atoms with Gasteiger partial charge in [0.1, 0.15) is 23.7 Å². The number of ether oxygens (including phenoxy) is 2. The lowest BCUT2D eigenvalue weighted by molar-refractivity contribution is -0.160. The molecule has 4 aliphatic heterocycles. The zero-order chi connectivity index (χ0) is 35.7. The van der Waals surface area contributed by atoms with Gasteiger partial charge in [0.2, 0.25) is 11.8 Å². The SMILES string of the molecule is Cc1cccc(Cl)c1N1C/C=C\CCC(=O)NC[C@H](c2ccccc2)OC(=O)[C@@H]2[C@H]3C(=O)N([C@@H](CO)Cc4ccccc4)[C@H](C1=O)[C@]31C=C[C@H]2O1. The summed E-state index contributed by atoms with van der Waals surface area (Å²) in [6.07, 6.45) is 6.27. The molecule has 0 aliphatic carbocycles. The largest absolute Gasteiger partial charge is 0.455 e. The van der Waals surface area contributed by atoms with Gasteiger partial charge in [0.15, 0.2) is 0 Å². The summed E-state index contributed by atoms with van der Waals surface area (Å²) in [7, 11) is 0. The van der Waals surface area contributed by atoms with Crippen LogP contribution in [-0.4, -0.2) is 77.2 Å². The van der Waals surface area contributed by atoms with E-state index in [0.29, 0.717) is 22.7 Å². The minimum Gasteiger partial charge on any atom is -0.455 e. The predicted octanol–water partition coefficient (Wildman–Crippen LogP) is 4.49. The molecule has 3 amide bonds. The fraction of sp³-hybridized carbons (Fsp3) is 0.350. The van der Waals surface area contributed by atoms with Crippen LogP contribution in [-0.2, 0) is 35.1 Å². The van der Waals surface area contributed by atoms with Gasteiger partial charge in [0.05, 0.1) is 41.9 Å². The number of fused-ring (bicyclic) bond motifs is 2. The standard InChI is InChI=1S/C40H40ClN3O7/c1-25-12-11-17-29(41)35(25)43-21-10-4-9-18-32(46)42-23-31(27-15-7-3-8-16-27)50-39(49)33-30-19-20-40(51-30)34(33)37(47)44(36(40)38(43)48)28(24-45)22-26-13-5-2-6-14-26/h2-8,10-17,19-20,28,30-31,33-34,36,45H,9,18,21-24H2,1H3,(H,42,46)/b10-4-/t28-,30-,31-,33+,34+,36-,40+/m1/s1. The summed E-state index contributed by atoms with van der Waals surface area (Å²) < 4.78 is 12.8. The number of cyclic esters (lactones) is 1. The molecule has 11 heteroatoms. The van der Waals surface area contributed by atoms with Crippen LogP contribution in [0.5, 0.6) is 0 Å². The molecule has 2 N–H and O–H groups in total. The van der Waals surface area contributed by atoms with E-state index < -0.39 is 66.1 Å². The summed E-state index contributed by atoms with van der Waals surface area (Å²) in [4.78, 5) is 60.4. The number of amides is 3. The minimum atomic E-state index is -1.52. The fourth-order valence-corrected chi connectivity index (χ4v) is 8.34. The Kier molecular flexibility index (Phi) is 9.83. The highest BCUT2D eigenvalue weighted by Gasteiger charge is 2.74. The van der Waals surface area contributed by atoms with Crippen LogP contribution < -0.4 is 10.2 Å². The second kappa shape index (κ2) is 14.5. The van der Waals surface area contributed by atoms with E-state index in [-0.39, 0.29) is 31.8 Å². The van der Waals surface area contributed by atoms with Gasteiger partial charge in [-0.25, -0.2) is 0 Å². The number of benzene rings is 3. The van der Waals surface area contributed by atoms with Crippen molar-refractivity contribution in [2.24, 2.45) is 11.8 Å². The van der Waals surface area contributed by atoms with Gasteiger partial charge < -0.3 is 29.7 Å². The molecule has 10 nitrogen and oxygen atoms in total. The zero-order valence-electron chi connectivity index (χ0n) is 28.2. The highest BCUT2D eigenvalue weighted by molar-refractivity contribution is 6.34. The first-order valence-corrected chi connectivity index (χ1v) is 17.7.